The van der Waals surface area contributed by atoms with Crippen LogP contribution in [0.5, 0.6) is 0 Å². The zero-order valence-electron chi connectivity index (χ0n) is 12.4. The summed E-state index contributed by atoms with van der Waals surface area (Å²) in [5, 5.41) is 8.45. The summed E-state index contributed by atoms with van der Waals surface area (Å²) in [6, 6.07) is 9.90. The van der Waals surface area contributed by atoms with Gasteiger partial charge >= 0.3 is 0 Å². The van der Waals surface area contributed by atoms with Crippen molar-refractivity contribution in [1.29, 1.82) is 0 Å². The Morgan fingerprint density at radius 2 is 1.83 bits per heavy atom. The number of fused-ring (bicyclic) bond motifs is 2. The van der Waals surface area contributed by atoms with E-state index in [1.54, 1.807) is 18.6 Å². The molecular formula is C17H11N7. The first-order valence-corrected chi connectivity index (χ1v) is 7.43. The van der Waals surface area contributed by atoms with Crippen molar-refractivity contribution in [1.82, 2.24) is 35.1 Å². The van der Waals surface area contributed by atoms with Gasteiger partial charge in [-0.1, -0.05) is 6.07 Å². The molecule has 24 heavy (non-hydrogen) atoms. The van der Waals surface area contributed by atoms with Crippen LogP contribution in [-0.2, 0) is 0 Å². The van der Waals surface area contributed by atoms with Crippen LogP contribution in [0, 0.1) is 0 Å². The fraction of sp³-hybridized carbons (Fsp3) is 0. The molecule has 5 aromatic rings. The Balaban J connectivity index is 1.71. The molecule has 7 heteroatoms. The molecule has 0 spiro atoms. The third kappa shape index (κ3) is 1.95. The fourth-order valence-electron chi connectivity index (χ4n) is 2.78. The quantitative estimate of drug-likeness (QED) is 0.522. The summed E-state index contributed by atoms with van der Waals surface area (Å²) in [5.74, 6) is 0.691. The van der Waals surface area contributed by atoms with Crippen LogP contribution < -0.4 is 0 Å². The maximum Gasteiger partial charge on any atom is 0.178 e. The predicted molar refractivity (Wildman–Crippen MR) is 90.0 cm³/mol. The molecule has 0 bridgehead atoms. The van der Waals surface area contributed by atoms with Crippen LogP contribution in [0.2, 0.25) is 0 Å². The van der Waals surface area contributed by atoms with Crippen molar-refractivity contribution in [2.45, 2.75) is 0 Å². The number of rotatable bonds is 2. The van der Waals surface area contributed by atoms with E-state index in [-0.39, 0.29) is 0 Å². The van der Waals surface area contributed by atoms with Gasteiger partial charge in [0.1, 0.15) is 12.0 Å². The molecule has 0 radical (unpaired) electrons. The van der Waals surface area contributed by atoms with E-state index in [9.17, 15) is 0 Å². The van der Waals surface area contributed by atoms with Gasteiger partial charge in [-0.25, -0.2) is 19.9 Å². The van der Waals surface area contributed by atoms with E-state index in [1.807, 2.05) is 24.3 Å². The van der Waals surface area contributed by atoms with Gasteiger partial charge in [0.15, 0.2) is 11.5 Å². The first-order valence-electron chi connectivity index (χ1n) is 7.43. The van der Waals surface area contributed by atoms with Gasteiger partial charge in [0, 0.05) is 29.5 Å². The Kier molecular flexibility index (Phi) is 2.66. The highest BCUT2D eigenvalue weighted by atomic mass is 15.1. The molecule has 0 saturated carbocycles. The second-order valence-electron chi connectivity index (χ2n) is 5.42. The van der Waals surface area contributed by atoms with E-state index in [0.717, 1.165) is 33.2 Å². The van der Waals surface area contributed by atoms with Crippen LogP contribution in [0.4, 0.5) is 0 Å². The number of nitrogens with zero attached hydrogens (tertiary/aromatic N) is 5. The average molecular weight is 313 g/mol. The molecule has 0 fully saturated rings. The van der Waals surface area contributed by atoms with Crippen LogP contribution >= 0.6 is 0 Å². The summed E-state index contributed by atoms with van der Waals surface area (Å²) in [5.41, 5.74) is 5.26. The minimum absolute atomic E-state index is 0.677. The lowest BCUT2D eigenvalue weighted by Gasteiger charge is -2.00. The Bertz CT molecular complexity index is 1120. The normalized spacial score (nSPS) is 11.3. The summed E-state index contributed by atoms with van der Waals surface area (Å²) >= 11 is 0. The maximum atomic E-state index is 4.53. The van der Waals surface area contributed by atoms with E-state index in [1.165, 1.54) is 6.33 Å². The highest BCUT2D eigenvalue weighted by molar-refractivity contribution is 5.95. The number of hydrogen-bond acceptors (Lipinski definition) is 5. The SMILES string of the molecule is c1cnc2nc(-c3n[nH]c4ccc(-c5cncnc5)cc34)[nH]c2c1. The van der Waals surface area contributed by atoms with Crippen LogP contribution in [0.1, 0.15) is 0 Å². The third-order valence-corrected chi connectivity index (χ3v) is 3.94. The van der Waals surface area contributed by atoms with Crippen LogP contribution in [0.3, 0.4) is 0 Å². The number of pyridine rings is 1. The van der Waals surface area contributed by atoms with Gasteiger partial charge < -0.3 is 4.98 Å². The lowest BCUT2D eigenvalue weighted by molar-refractivity contribution is 1.10. The zero-order valence-corrected chi connectivity index (χ0v) is 12.4. The molecule has 114 valence electrons. The first-order chi connectivity index (χ1) is 11.9. The zero-order chi connectivity index (χ0) is 15.9. The standard InChI is InChI=1S/C17H11N7/c1-2-14-16(20-5-1)22-17(21-14)15-12-6-10(3-4-13(12)23-24-15)11-7-18-9-19-8-11/h1-9H,(H,23,24)(H,20,21,22). The molecular weight excluding hydrogens is 302 g/mol. The summed E-state index contributed by atoms with van der Waals surface area (Å²) in [6.07, 6.45) is 6.83. The van der Waals surface area contributed by atoms with Gasteiger partial charge in [0.25, 0.3) is 0 Å². The molecule has 4 aromatic heterocycles. The number of H-pyrrole nitrogens is 2. The fourth-order valence-corrected chi connectivity index (χ4v) is 2.78. The predicted octanol–water partition coefficient (Wildman–Crippen LogP) is 2.96. The largest absolute Gasteiger partial charge is 0.335 e. The summed E-state index contributed by atoms with van der Waals surface area (Å²) in [6.45, 7) is 0. The Morgan fingerprint density at radius 1 is 0.917 bits per heavy atom. The molecule has 2 N–H and O–H groups in total. The van der Waals surface area contributed by atoms with Crippen molar-refractivity contribution >= 4 is 22.1 Å². The van der Waals surface area contributed by atoms with E-state index in [4.69, 9.17) is 0 Å². The Hall–Kier alpha value is -3.61. The summed E-state index contributed by atoms with van der Waals surface area (Å²) in [7, 11) is 0. The molecule has 5 rings (SSSR count). The number of benzene rings is 1. The molecule has 0 amide bonds. The first kappa shape index (κ1) is 12.9. The number of hydrogen-bond donors (Lipinski definition) is 2. The van der Waals surface area contributed by atoms with Gasteiger partial charge in [-0.15, -0.1) is 0 Å². The molecule has 7 nitrogen and oxygen atoms in total. The van der Waals surface area contributed by atoms with Gasteiger partial charge in [-0.2, -0.15) is 5.10 Å². The number of aromatic nitrogens is 7. The lowest BCUT2D eigenvalue weighted by Crippen LogP contribution is -1.84. The molecule has 4 heterocycles. The second kappa shape index (κ2) is 4.95. The maximum absolute atomic E-state index is 4.53. The topological polar surface area (TPSA) is 96.0 Å². The lowest BCUT2D eigenvalue weighted by atomic mass is 10.1. The number of imidazole rings is 1. The molecule has 0 aliphatic heterocycles. The Morgan fingerprint density at radius 3 is 2.71 bits per heavy atom. The van der Waals surface area contributed by atoms with Gasteiger partial charge in [0.2, 0.25) is 0 Å². The van der Waals surface area contributed by atoms with E-state index < -0.39 is 0 Å². The molecule has 0 saturated heterocycles. The smallest absolute Gasteiger partial charge is 0.178 e. The third-order valence-electron chi connectivity index (χ3n) is 3.94. The minimum Gasteiger partial charge on any atom is -0.335 e. The minimum atomic E-state index is 0.677. The van der Waals surface area contributed by atoms with Gasteiger partial charge in [-0.3, -0.25) is 5.10 Å². The summed E-state index contributed by atoms with van der Waals surface area (Å²) in [4.78, 5) is 20.2. The van der Waals surface area contributed by atoms with E-state index in [0.29, 0.717) is 11.5 Å². The van der Waals surface area contributed by atoms with Crippen molar-refractivity contribution in [3.63, 3.8) is 0 Å². The number of nitrogens with one attached hydrogen (secondary N) is 2. The van der Waals surface area contributed by atoms with Gasteiger partial charge in [0.05, 0.1) is 11.0 Å². The molecule has 0 atom stereocenters. The molecule has 1 aromatic carbocycles. The van der Waals surface area contributed by atoms with E-state index >= 15 is 0 Å². The van der Waals surface area contributed by atoms with Crippen LogP contribution in [0.25, 0.3) is 44.7 Å². The molecule has 0 aliphatic carbocycles. The highest BCUT2D eigenvalue weighted by Gasteiger charge is 2.13. The highest BCUT2D eigenvalue weighted by Crippen LogP contribution is 2.29. The monoisotopic (exact) mass is 313 g/mol. The second-order valence-corrected chi connectivity index (χ2v) is 5.42. The van der Waals surface area contributed by atoms with Crippen molar-refractivity contribution in [3.05, 3.63) is 55.2 Å². The molecule has 0 unspecified atom stereocenters. The Labute approximate surface area is 135 Å². The van der Waals surface area contributed by atoms with Crippen molar-refractivity contribution in [2.75, 3.05) is 0 Å². The molecule has 0 aliphatic rings. The average Bonchev–Trinajstić information content (AvgIpc) is 3.25. The summed E-state index contributed by atoms with van der Waals surface area (Å²) < 4.78 is 0. The van der Waals surface area contributed by atoms with Crippen molar-refractivity contribution in [3.8, 4) is 22.6 Å². The van der Waals surface area contributed by atoms with Crippen molar-refractivity contribution < 1.29 is 0 Å². The van der Waals surface area contributed by atoms with Crippen LogP contribution in [-0.4, -0.2) is 35.1 Å². The van der Waals surface area contributed by atoms with Crippen LogP contribution in [0.15, 0.2) is 55.2 Å². The van der Waals surface area contributed by atoms with E-state index in [2.05, 4.69) is 41.2 Å². The van der Waals surface area contributed by atoms with Gasteiger partial charge in [-0.05, 0) is 29.8 Å². The number of aromatic amines is 2. The van der Waals surface area contributed by atoms with Crippen molar-refractivity contribution in [2.24, 2.45) is 0 Å².